The summed E-state index contributed by atoms with van der Waals surface area (Å²) >= 11 is 0. The lowest BCUT2D eigenvalue weighted by molar-refractivity contribution is -0.144. The molecule has 0 amide bonds. The Morgan fingerprint density at radius 2 is 1.94 bits per heavy atom. The van der Waals surface area contributed by atoms with Gasteiger partial charge in [-0.05, 0) is 30.0 Å². The van der Waals surface area contributed by atoms with Crippen LogP contribution in [0.4, 0.5) is 4.39 Å². The lowest BCUT2D eigenvalue weighted by atomic mass is 9.83. The number of carboxylic acids is 1. The number of hydrogen-bond donors (Lipinski definition) is 2. The average molecular weight is 225 g/mol. The summed E-state index contributed by atoms with van der Waals surface area (Å²) in [6.45, 7) is 3.79. The minimum absolute atomic E-state index is 0.145. The molecule has 0 spiro atoms. The van der Waals surface area contributed by atoms with Gasteiger partial charge in [-0.2, -0.15) is 0 Å². The molecule has 1 atom stereocenters. The monoisotopic (exact) mass is 225 g/mol. The van der Waals surface area contributed by atoms with Crippen LogP contribution in [0.5, 0.6) is 0 Å². The zero-order chi connectivity index (χ0) is 12.3. The van der Waals surface area contributed by atoms with Crippen molar-refractivity contribution in [1.82, 2.24) is 0 Å². The van der Waals surface area contributed by atoms with E-state index in [2.05, 4.69) is 0 Å². The normalized spacial score (nSPS) is 14.8. The number of aliphatic carboxylic acids is 1. The fourth-order valence-electron chi connectivity index (χ4n) is 1.72. The number of rotatable bonds is 4. The zero-order valence-electron chi connectivity index (χ0n) is 9.40. The third-order valence-corrected chi connectivity index (χ3v) is 2.47. The van der Waals surface area contributed by atoms with Gasteiger partial charge in [0.05, 0.1) is 0 Å². The first kappa shape index (κ1) is 12.6. The topological polar surface area (TPSA) is 63.3 Å². The first-order chi connectivity index (χ1) is 7.36. The van der Waals surface area contributed by atoms with Crippen LogP contribution in [0.1, 0.15) is 25.8 Å². The minimum Gasteiger partial charge on any atom is -0.480 e. The van der Waals surface area contributed by atoms with Gasteiger partial charge < -0.3 is 10.8 Å². The highest BCUT2D eigenvalue weighted by Crippen LogP contribution is 2.26. The highest BCUT2D eigenvalue weighted by Gasteiger charge is 2.36. The predicted octanol–water partition coefficient (Wildman–Crippen LogP) is 2.11. The summed E-state index contributed by atoms with van der Waals surface area (Å²) in [6.07, 6.45) is 0.313. The van der Waals surface area contributed by atoms with Crippen molar-refractivity contribution in [2.24, 2.45) is 11.7 Å². The van der Waals surface area contributed by atoms with Gasteiger partial charge in [-0.3, -0.25) is 0 Å². The summed E-state index contributed by atoms with van der Waals surface area (Å²) in [5.74, 6) is -1.35. The smallest absolute Gasteiger partial charge is 0.328 e. The molecule has 1 aromatic carbocycles. The molecule has 0 aliphatic rings. The van der Waals surface area contributed by atoms with Gasteiger partial charge in [0, 0.05) is 0 Å². The van der Waals surface area contributed by atoms with Crippen LogP contribution in [0.3, 0.4) is 0 Å². The summed E-state index contributed by atoms with van der Waals surface area (Å²) in [6, 6.07) is 5.29. The molecule has 0 aliphatic heterocycles. The van der Waals surface area contributed by atoms with Gasteiger partial charge in [0.1, 0.15) is 11.4 Å². The van der Waals surface area contributed by atoms with E-state index in [1.807, 2.05) is 13.8 Å². The lowest BCUT2D eigenvalue weighted by Gasteiger charge is -2.27. The second kappa shape index (κ2) is 4.61. The number of benzene rings is 1. The largest absolute Gasteiger partial charge is 0.480 e. The van der Waals surface area contributed by atoms with Crippen molar-refractivity contribution < 1.29 is 14.3 Å². The van der Waals surface area contributed by atoms with Crippen molar-refractivity contribution in [1.29, 1.82) is 0 Å². The fourth-order valence-corrected chi connectivity index (χ4v) is 1.72. The molecular weight excluding hydrogens is 209 g/mol. The lowest BCUT2D eigenvalue weighted by Crippen LogP contribution is -2.45. The molecule has 0 heterocycles. The second-order valence-electron chi connectivity index (χ2n) is 4.38. The predicted molar refractivity (Wildman–Crippen MR) is 59.4 cm³/mol. The van der Waals surface area contributed by atoms with Crippen LogP contribution in [-0.4, -0.2) is 11.1 Å². The molecule has 3 N–H and O–H groups in total. The van der Waals surface area contributed by atoms with E-state index in [9.17, 15) is 14.3 Å². The number of halogens is 1. The van der Waals surface area contributed by atoms with E-state index in [0.29, 0.717) is 12.0 Å². The van der Waals surface area contributed by atoms with E-state index in [4.69, 9.17) is 5.73 Å². The Hall–Kier alpha value is -1.42. The van der Waals surface area contributed by atoms with Crippen molar-refractivity contribution in [2.75, 3.05) is 0 Å². The first-order valence-electron chi connectivity index (χ1n) is 5.14. The summed E-state index contributed by atoms with van der Waals surface area (Å²) < 4.78 is 12.8. The molecule has 0 aromatic heterocycles. The van der Waals surface area contributed by atoms with E-state index in [0.717, 1.165) is 0 Å². The molecule has 0 bridgehead atoms. The number of nitrogens with two attached hydrogens (primary N) is 1. The molecule has 0 aliphatic carbocycles. The Kier molecular flexibility index (Phi) is 3.65. The Morgan fingerprint density at radius 1 is 1.44 bits per heavy atom. The fraction of sp³-hybridized carbons (Fsp3) is 0.417. The SMILES string of the molecule is CC(C)C[C@](N)(C(=O)O)c1ccc(F)cc1. The Labute approximate surface area is 94.1 Å². The van der Waals surface area contributed by atoms with Crippen molar-refractivity contribution >= 4 is 5.97 Å². The second-order valence-corrected chi connectivity index (χ2v) is 4.38. The van der Waals surface area contributed by atoms with Crippen molar-refractivity contribution in [3.63, 3.8) is 0 Å². The van der Waals surface area contributed by atoms with Crippen molar-refractivity contribution in [3.8, 4) is 0 Å². The maximum absolute atomic E-state index is 12.8. The minimum atomic E-state index is -1.44. The highest BCUT2D eigenvalue weighted by molar-refractivity contribution is 5.80. The average Bonchev–Trinajstić information content (AvgIpc) is 2.17. The molecule has 1 rings (SSSR count). The van der Waals surface area contributed by atoms with E-state index in [-0.39, 0.29) is 5.92 Å². The van der Waals surface area contributed by atoms with Crippen LogP contribution in [0.2, 0.25) is 0 Å². The molecule has 88 valence electrons. The Balaban J connectivity index is 3.11. The molecular formula is C12H16FNO2. The standard InChI is InChI=1S/C12H16FNO2/c1-8(2)7-12(14,11(15)16)9-3-5-10(13)6-4-9/h3-6,8H,7,14H2,1-2H3,(H,15,16)/t12-/m1/s1. The molecule has 0 radical (unpaired) electrons. The third kappa shape index (κ3) is 2.58. The third-order valence-electron chi connectivity index (χ3n) is 2.47. The maximum Gasteiger partial charge on any atom is 0.328 e. The highest BCUT2D eigenvalue weighted by atomic mass is 19.1. The molecule has 3 nitrogen and oxygen atoms in total. The van der Waals surface area contributed by atoms with Gasteiger partial charge in [0.2, 0.25) is 0 Å². The van der Waals surface area contributed by atoms with E-state index in [1.165, 1.54) is 24.3 Å². The molecule has 0 unspecified atom stereocenters. The number of carbonyl (C=O) groups is 1. The van der Waals surface area contributed by atoms with Gasteiger partial charge in [-0.15, -0.1) is 0 Å². The van der Waals surface area contributed by atoms with Crippen LogP contribution in [-0.2, 0) is 10.3 Å². The van der Waals surface area contributed by atoms with Gasteiger partial charge in [0.25, 0.3) is 0 Å². The van der Waals surface area contributed by atoms with Crippen LogP contribution in [0.25, 0.3) is 0 Å². The zero-order valence-corrected chi connectivity index (χ0v) is 9.40. The van der Waals surface area contributed by atoms with E-state index in [1.54, 1.807) is 0 Å². The van der Waals surface area contributed by atoms with Crippen LogP contribution >= 0.6 is 0 Å². The molecule has 16 heavy (non-hydrogen) atoms. The molecule has 0 saturated heterocycles. The molecule has 1 aromatic rings. The van der Waals surface area contributed by atoms with Gasteiger partial charge in [0.15, 0.2) is 0 Å². The Morgan fingerprint density at radius 3 is 2.31 bits per heavy atom. The van der Waals surface area contributed by atoms with Crippen LogP contribution in [0.15, 0.2) is 24.3 Å². The number of carboxylic acid groups (broad SMARTS) is 1. The van der Waals surface area contributed by atoms with E-state index >= 15 is 0 Å². The van der Waals surface area contributed by atoms with Gasteiger partial charge >= 0.3 is 5.97 Å². The van der Waals surface area contributed by atoms with Crippen LogP contribution < -0.4 is 5.73 Å². The summed E-state index contributed by atoms with van der Waals surface area (Å²) in [7, 11) is 0. The summed E-state index contributed by atoms with van der Waals surface area (Å²) in [5.41, 5.74) is 4.87. The van der Waals surface area contributed by atoms with E-state index < -0.39 is 17.3 Å². The Bertz CT molecular complexity index is 375. The molecule has 0 fully saturated rings. The summed E-state index contributed by atoms with van der Waals surface area (Å²) in [5, 5.41) is 9.19. The van der Waals surface area contributed by atoms with Crippen LogP contribution in [0, 0.1) is 11.7 Å². The van der Waals surface area contributed by atoms with Gasteiger partial charge in [-0.1, -0.05) is 26.0 Å². The maximum atomic E-state index is 12.8. The quantitative estimate of drug-likeness (QED) is 0.824. The summed E-state index contributed by atoms with van der Waals surface area (Å²) in [4.78, 5) is 11.2. The molecule has 4 heteroatoms. The van der Waals surface area contributed by atoms with Gasteiger partial charge in [-0.25, -0.2) is 9.18 Å². The number of hydrogen-bond acceptors (Lipinski definition) is 2. The van der Waals surface area contributed by atoms with Crippen molar-refractivity contribution in [3.05, 3.63) is 35.6 Å². The molecule has 0 saturated carbocycles. The first-order valence-corrected chi connectivity index (χ1v) is 5.14. The van der Waals surface area contributed by atoms with Crippen molar-refractivity contribution in [2.45, 2.75) is 25.8 Å².